The van der Waals surface area contributed by atoms with Crippen LogP contribution in [0.15, 0.2) is 30.5 Å². The van der Waals surface area contributed by atoms with Crippen LogP contribution in [0.5, 0.6) is 0 Å². The Morgan fingerprint density at radius 1 is 1.58 bits per heavy atom. The first-order valence-corrected chi connectivity index (χ1v) is 3.73. The highest BCUT2D eigenvalue weighted by atomic mass is 16.1. The molecule has 12 heavy (non-hydrogen) atoms. The maximum absolute atomic E-state index is 9.82. The van der Waals surface area contributed by atoms with E-state index in [0.29, 0.717) is 11.5 Å². The van der Waals surface area contributed by atoms with E-state index in [2.05, 4.69) is 32.7 Å². The van der Waals surface area contributed by atoms with E-state index in [-0.39, 0.29) is 0 Å². The second-order valence-electron chi connectivity index (χ2n) is 2.76. The molecule has 0 rings (SSSR count). The van der Waals surface area contributed by atoms with Crippen LogP contribution in [0.3, 0.4) is 0 Å². The molecule has 0 radical (unpaired) electrons. The molecule has 0 aromatic carbocycles. The van der Waals surface area contributed by atoms with Gasteiger partial charge in [0.1, 0.15) is 0 Å². The SMILES string of the molecule is C=C(C)C(N)=O.C=C=CC(C)C. The fraction of sp³-hybridized carbons (Fsp3) is 0.400. The first kappa shape index (κ1) is 13.3. The highest BCUT2D eigenvalue weighted by molar-refractivity contribution is 5.90. The number of primary amides is 1. The van der Waals surface area contributed by atoms with Gasteiger partial charge in [0.25, 0.3) is 0 Å². The van der Waals surface area contributed by atoms with Crippen molar-refractivity contribution in [1.29, 1.82) is 0 Å². The molecule has 0 unspecified atom stereocenters. The molecular weight excluding hydrogens is 150 g/mol. The largest absolute Gasteiger partial charge is 0.366 e. The fourth-order valence-electron chi connectivity index (χ4n) is 0.236. The van der Waals surface area contributed by atoms with Gasteiger partial charge in [0.2, 0.25) is 5.91 Å². The van der Waals surface area contributed by atoms with Crippen molar-refractivity contribution >= 4 is 5.91 Å². The minimum atomic E-state index is -0.435. The molecule has 0 bridgehead atoms. The summed E-state index contributed by atoms with van der Waals surface area (Å²) in [7, 11) is 0. The second-order valence-corrected chi connectivity index (χ2v) is 2.76. The van der Waals surface area contributed by atoms with Gasteiger partial charge in [0.15, 0.2) is 0 Å². The average molecular weight is 167 g/mol. The van der Waals surface area contributed by atoms with Crippen LogP contribution in [0.2, 0.25) is 0 Å². The number of rotatable bonds is 2. The summed E-state index contributed by atoms with van der Waals surface area (Å²) in [4.78, 5) is 9.82. The van der Waals surface area contributed by atoms with Gasteiger partial charge >= 0.3 is 0 Å². The Hall–Kier alpha value is -1.27. The molecule has 68 valence electrons. The second kappa shape index (κ2) is 7.83. The standard InChI is InChI=1S/C6H10.C4H7NO/c1-4-5-6(2)3;1-3(2)4(5)6/h5-6H,1H2,2-3H3;1H2,2H3,(H2,5,6). The van der Waals surface area contributed by atoms with Crippen LogP contribution >= 0.6 is 0 Å². The van der Waals surface area contributed by atoms with Crippen molar-refractivity contribution in [2.45, 2.75) is 20.8 Å². The summed E-state index contributed by atoms with van der Waals surface area (Å²) in [5.74, 6) is 0.164. The molecule has 0 aromatic rings. The lowest BCUT2D eigenvalue weighted by molar-refractivity contribution is -0.114. The molecule has 0 fully saturated rings. The third-order valence-corrected chi connectivity index (χ3v) is 0.872. The average Bonchev–Trinajstić information content (AvgIpc) is 1.87. The van der Waals surface area contributed by atoms with Crippen LogP contribution in [-0.2, 0) is 4.79 Å². The molecule has 0 aromatic heterocycles. The molecule has 0 aliphatic heterocycles. The Kier molecular flexibility index (Phi) is 8.70. The lowest BCUT2D eigenvalue weighted by atomic mass is 10.2. The first-order chi connectivity index (χ1) is 5.41. The highest BCUT2D eigenvalue weighted by Gasteiger charge is 1.86. The molecule has 1 amide bonds. The Morgan fingerprint density at radius 2 is 1.92 bits per heavy atom. The normalized spacial score (nSPS) is 7.67. The van der Waals surface area contributed by atoms with E-state index in [1.165, 1.54) is 0 Å². The van der Waals surface area contributed by atoms with Gasteiger partial charge in [0, 0.05) is 5.57 Å². The van der Waals surface area contributed by atoms with Crippen LogP contribution in [0.25, 0.3) is 0 Å². The Morgan fingerprint density at radius 3 is 1.92 bits per heavy atom. The smallest absolute Gasteiger partial charge is 0.243 e. The molecule has 0 saturated heterocycles. The molecular formula is C10H17NO. The summed E-state index contributed by atoms with van der Waals surface area (Å²) >= 11 is 0. The van der Waals surface area contributed by atoms with E-state index in [9.17, 15) is 4.79 Å². The van der Waals surface area contributed by atoms with E-state index in [1.54, 1.807) is 6.92 Å². The predicted molar refractivity (Wildman–Crippen MR) is 52.6 cm³/mol. The predicted octanol–water partition coefficient (Wildman–Crippen LogP) is 2.03. The summed E-state index contributed by atoms with van der Waals surface area (Å²) in [6.45, 7) is 12.5. The van der Waals surface area contributed by atoms with Gasteiger partial charge in [-0.1, -0.05) is 27.0 Å². The van der Waals surface area contributed by atoms with E-state index >= 15 is 0 Å². The van der Waals surface area contributed by atoms with Crippen LogP contribution in [0.1, 0.15) is 20.8 Å². The number of amides is 1. The zero-order valence-electron chi connectivity index (χ0n) is 8.05. The summed E-state index contributed by atoms with van der Waals surface area (Å²) in [6.07, 6.45) is 1.93. The number of carbonyl (C=O) groups is 1. The summed E-state index contributed by atoms with van der Waals surface area (Å²) in [5.41, 5.74) is 7.79. The fourth-order valence-corrected chi connectivity index (χ4v) is 0.236. The van der Waals surface area contributed by atoms with Gasteiger partial charge in [-0.15, -0.1) is 5.73 Å². The van der Waals surface area contributed by atoms with Gasteiger partial charge in [-0.2, -0.15) is 0 Å². The number of hydrogen-bond donors (Lipinski definition) is 1. The molecule has 0 atom stereocenters. The number of allylic oxidation sites excluding steroid dienone is 1. The minimum Gasteiger partial charge on any atom is -0.366 e. The van der Waals surface area contributed by atoms with Crippen LogP contribution in [0, 0.1) is 5.92 Å². The van der Waals surface area contributed by atoms with E-state index in [1.807, 2.05) is 6.08 Å². The van der Waals surface area contributed by atoms with Crippen LogP contribution < -0.4 is 5.73 Å². The maximum atomic E-state index is 9.82. The van der Waals surface area contributed by atoms with Gasteiger partial charge in [-0.25, -0.2) is 0 Å². The molecule has 2 heteroatoms. The van der Waals surface area contributed by atoms with Crippen molar-refractivity contribution in [3.05, 3.63) is 30.5 Å². The van der Waals surface area contributed by atoms with Gasteiger partial charge in [0.05, 0.1) is 0 Å². The van der Waals surface area contributed by atoms with Crippen molar-refractivity contribution < 1.29 is 4.79 Å². The highest BCUT2D eigenvalue weighted by Crippen LogP contribution is 1.88. The lowest BCUT2D eigenvalue weighted by Gasteiger charge is -1.84. The Labute approximate surface area is 74.5 Å². The van der Waals surface area contributed by atoms with Crippen LogP contribution in [0.4, 0.5) is 0 Å². The van der Waals surface area contributed by atoms with Crippen molar-refractivity contribution in [2.24, 2.45) is 11.7 Å². The third-order valence-electron chi connectivity index (χ3n) is 0.872. The number of carbonyl (C=O) groups excluding carboxylic acids is 1. The Bertz CT molecular complexity index is 186. The Balaban J connectivity index is 0. The van der Waals surface area contributed by atoms with Crippen molar-refractivity contribution in [1.82, 2.24) is 0 Å². The first-order valence-electron chi connectivity index (χ1n) is 3.73. The molecule has 0 heterocycles. The third kappa shape index (κ3) is 15.9. The monoisotopic (exact) mass is 167 g/mol. The van der Waals surface area contributed by atoms with Gasteiger partial charge in [-0.05, 0) is 18.9 Å². The number of nitrogens with two attached hydrogens (primary N) is 1. The topological polar surface area (TPSA) is 43.1 Å². The molecule has 2 N–H and O–H groups in total. The molecule has 0 spiro atoms. The maximum Gasteiger partial charge on any atom is 0.243 e. The summed E-state index contributed by atoms with van der Waals surface area (Å²) in [5, 5.41) is 0. The van der Waals surface area contributed by atoms with Crippen molar-refractivity contribution in [2.75, 3.05) is 0 Å². The van der Waals surface area contributed by atoms with Crippen LogP contribution in [-0.4, -0.2) is 5.91 Å². The van der Waals surface area contributed by atoms with Crippen molar-refractivity contribution in [3.63, 3.8) is 0 Å². The van der Waals surface area contributed by atoms with E-state index < -0.39 is 5.91 Å². The zero-order chi connectivity index (χ0) is 10.1. The van der Waals surface area contributed by atoms with Gasteiger partial charge < -0.3 is 5.73 Å². The van der Waals surface area contributed by atoms with E-state index in [4.69, 9.17) is 5.73 Å². The molecule has 0 saturated carbocycles. The minimum absolute atomic E-state index is 0.398. The molecule has 2 nitrogen and oxygen atoms in total. The summed E-state index contributed by atoms with van der Waals surface area (Å²) < 4.78 is 0. The van der Waals surface area contributed by atoms with Gasteiger partial charge in [-0.3, -0.25) is 4.79 Å². The molecule has 0 aliphatic carbocycles. The quantitative estimate of drug-likeness (QED) is 0.496. The zero-order valence-corrected chi connectivity index (χ0v) is 8.05. The van der Waals surface area contributed by atoms with Crippen molar-refractivity contribution in [3.8, 4) is 0 Å². The number of hydrogen-bond acceptors (Lipinski definition) is 1. The summed E-state index contributed by atoms with van der Waals surface area (Å²) in [6, 6.07) is 0. The lowest BCUT2D eigenvalue weighted by Crippen LogP contribution is -2.10. The molecule has 0 aliphatic rings. The van der Waals surface area contributed by atoms with E-state index in [0.717, 1.165) is 0 Å².